The van der Waals surface area contributed by atoms with E-state index in [1.165, 1.54) is 22.1 Å². The summed E-state index contributed by atoms with van der Waals surface area (Å²) in [7, 11) is 1.58. The zero-order chi connectivity index (χ0) is 20.8. The van der Waals surface area contributed by atoms with Crippen LogP contribution in [0.3, 0.4) is 0 Å². The fourth-order valence-electron chi connectivity index (χ4n) is 2.67. The van der Waals surface area contributed by atoms with Gasteiger partial charge >= 0.3 is 0 Å². The van der Waals surface area contributed by atoms with Gasteiger partial charge in [0, 0.05) is 12.6 Å². The number of amides is 1. The second-order valence-corrected chi connectivity index (χ2v) is 7.44. The van der Waals surface area contributed by atoms with E-state index in [4.69, 9.17) is 9.47 Å². The Balaban J connectivity index is 1.53. The molecule has 29 heavy (non-hydrogen) atoms. The summed E-state index contributed by atoms with van der Waals surface area (Å²) in [6, 6.07) is 10.1. The number of carbonyl (C=O) groups excluding carboxylic acids is 1. The Bertz CT molecular complexity index is 1040. The molecule has 3 aromatic rings. The normalized spacial score (nSPS) is 10.6. The average molecular weight is 414 g/mol. The minimum Gasteiger partial charge on any atom is -0.497 e. The van der Waals surface area contributed by atoms with Gasteiger partial charge in [-0.15, -0.1) is 11.3 Å². The van der Waals surface area contributed by atoms with Crippen LogP contribution in [0, 0.1) is 13.8 Å². The third-order valence-corrected chi connectivity index (χ3v) is 5.17. The zero-order valence-electron chi connectivity index (χ0n) is 16.5. The minimum absolute atomic E-state index is 0.117. The summed E-state index contributed by atoms with van der Waals surface area (Å²) in [5.41, 5.74) is 1.35. The second kappa shape index (κ2) is 9.33. The minimum atomic E-state index is -0.279. The Morgan fingerprint density at radius 1 is 1.14 bits per heavy atom. The highest BCUT2D eigenvalue weighted by Gasteiger charge is 2.11. The van der Waals surface area contributed by atoms with Gasteiger partial charge in [-0.3, -0.25) is 9.59 Å². The molecular formula is C20H22N4O4S. The van der Waals surface area contributed by atoms with Gasteiger partial charge in [-0.2, -0.15) is 5.10 Å². The van der Waals surface area contributed by atoms with Crippen molar-refractivity contribution in [1.82, 2.24) is 20.1 Å². The van der Waals surface area contributed by atoms with Crippen molar-refractivity contribution in [2.45, 2.75) is 20.4 Å². The van der Waals surface area contributed by atoms with Crippen LogP contribution in [0.1, 0.15) is 10.7 Å². The van der Waals surface area contributed by atoms with E-state index in [0.717, 1.165) is 15.6 Å². The molecule has 2 aromatic heterocycles. The molecule has 0 aliphatic carbocycles. The summed E-state index contributed by atoms with van der Waals surface area (Å²) in [6.07, 6.45) is 0. The number of carbonyl (C=O) groups is 1. The topological polar surface area (TPSA) is 95.3 Å². The lowest BCUT2D eigenvalue weighted by molar-refractivity contribution is -0.123. The monoisotopic (exact) mass is 414 g/mol. The molecule has 0 aliphatic rings. The Hall–Kier alpha value is -3.20. The van der Waals surface area contributed by atoms with E-state index in [1.54, 1.807) is 37.4 Å². The maximum Gasteiger partial charge on any atom is 0.266 e. The van der Waals surface area contributed by atoms with Gasteiger partial charge in [0.05, 0.1) is 29.2 Å². The van der Waals surface area contributed by atoms with Crippen LogP contribution in [0.4, 0.5) is 0 Å². The highest BCUT2D eigenvalue weighted by molar-refractivity contribution is 7.15. The van der Waals surface area contributed by atoms with Crippen LogP contribution in [0.5, 0.6) is 11.5 Å². The second-order valence-electron chi connectivity index (χ2n) is 6.24. The maximum absolute atomic E-state index is 12.1. The van der Waals surface area contributed by atoms with Gasteiger partial charge in [0.2, 0.25) is 0 Å². The fourth-order valence-corrected chi connectivity index (χ4v) is 3.56. The lowest BCUT2D eigenvalue weighted by Gasteiger charge is -2.09. The van der Waals surface area contributed by atoms with Crippen LogP contribution in [-0.2, 0) is 11.3 Å². The Morgan fingerprint density at radius 2 is 1.86 bits per heavy atom. The van der Waals surface area contributed by atoms with Crippen molar-refractivity contribution in [3.8, 4) is 22.1 Å². The summed E-state index contributed by atoms with van der Waals surface area (Å²) >= 11 is 1.53. The molecule has 1 N–H and O–H groups in total. The van der Waals surface area contributed by atoms with Gasteiger partial charge in [0.15, 0.2) is 6.61 Å². The van der Waals surface area contributed by atoms with Crippen LogP contribution in [0.15, 0.2) is 41.2 Å². The van der Waals surface area contributed by atoms with E-state index < -0.39 is 0 Å². The molecule has 0 saturated carbocycles. The highest BCUT2D eigenvalue weighted by atomic mass is 32.1. The summed E-state index contributed by atoms with van der Waals surface area (Å²) < 4.78 is 11.8. The molecule has 8 nitrogen and oxygen atoms in total. The third kappa shape index (κ3) is 5.41. The maximum atomic E-state index is 12.1. The number of hydrogen-bond donors (Lipinski definition) is 1. The fraction of sp³-hybridized carbons (Fsp3) is 0.300. The predicted octanol–water partition coefficient (Wildman–Crippen LogP) is 2.19. The molecule has 0 spiro atoms. The van der Waals surface area contributed by atoms with E-state index in [1.807, 2.05) is 13.8 Å². The first-order valence-corrected chi connectivity index (χ1v) is 9.84. The van der Waals surface area contributed by atoms with Crippen molar-refractivity contribution < 1.29 is 14.3 Å². The first-order chi connectivity index (χ1) is 14.0. The molecule has 0 bridgehead atoms. The van der Waals surface area contributed by atoms with Crippen molar-refractivity contribution in [2.24, 2.45) is 0 Å². The number of hydrogen-bond acceptors (Lipinski definition) is 7. The molecule has 0 aliphatic heterocycles. The quantitative estimate of drug-likeness (QED) is 0.607. The van der Waals surface area contributed by atoms with Gasteiger partial charge in [0.25, 0.3) is 11.5 Å². The lowest BCUT2D eigenvalue weighted by atomic mass is 10.3. The summed E-state index contributed by atoms with van der Waals surface area (Å²) in [4.78, 5) is 29.4. The predicted molar refractivity (Wildman–Crippen MR) is 111 cm³/mol. The number of aromatic nitrogens is 3. The highest BCUT2D eigenvalue weighted by Crippen LogP contribution is 2.27. The number of rotatable bonds is 8. The van der Waals surface area contributed by atoms with Gasteiger partial charge in [-0.05, 0) is 44.2 Å². The molecule has 152 valence electrons. The van der Waals surface area contributed by atoms with Gasteiger partial charge in [-0.25, -0.2) is 9.67 Å². The molecule has 0 radical (unpaired) electrons. The van der Waals surface area contributed by atoms with E-state index in [0.29, 0.717) is 17.2 Å². The van der Waals surface area contributed by atoms with Crippen molar-refractivity contribution >= 4 is 17.2 Å². The van der Waals surface area contributed by atoms with Gasteiger partial charge in [0.1, 0.15) is 17.2 Å². The summed E-state index contributed by atoms with van der Waals surface area (Å²) in [5, 5.41) is 8.08. The third-order valence-electron chi connectivity index (χ3n) is 4.08. The molecule has 1 amide bonds. The largest absolute Gasteiger partial charge is 0.497 e. The molecule has 1 aromatic carbocycles. The molecule has 2 heterocycles. The Morgan fingerprint density at radius 3 is 2.52 bits per heavy atom. The van der Waals surface area contributed by atoms with Crippen LogP contribution in [0.25, 0.3) is 10.6 Å². The van der Waals surface area contributed by atoms with E-state index in [-0.39, 0.29) is 31.2 Å². The van der Waals surface area contributed by atoms with Crippen LogP contribution < -0.4 is 20.3 Å². The molecular weight excluding hydrogens is 392 g/mol. The van der Waals surface area contributed by atoms with Crippen molar-refractivity contribution in [2.75, 3.05) is 20.3 Å². The van der Waals surface area contributed by atoms with E-state index in [9.17, 15) is 9.59 Å². The average Bonchev–Trinajstić information content (AvgIpc) is 3.06. The molecule has 0 fully saturated rings. The van der Waals surface area contributed by atoms with Gasteiger partial charge < -0.3 is 14.8 Å². The van der Waals surface area contributed by atoms with Crippen LogP contribution >= 0.6 is 11.3 Å². The molecule has 3 rings (SSSR count). The number of benzene rings is 1. The number of nitrogens with one attached hydrogen (secondary N) is 1. The molecule has 0 saturated heterocycles. The number of nitrogens with zero attached hydrogens (tertiary/aromatic N) is 3. The van der Waals surface area contributed by atoms with Crippen molar-refractivity contribution in [3.05, 3.63) is 57.5 Å². The number of aryl methyl sites for hydroxylation is 2. The summed E-state index contributed by atoms with van der Waals surface area (Å²) in [5.74, 6) is 1.01. The van der Waals surface area contributed by atoms with Crippen molar-refractivity contribution in [3.63, 3.8) is 0 Å². The zero-order valence-corrected chi connectivity index (χ0v) is 17.3. The van der Waals surface area contributed by atoms with E-state index in [2.05, 4.69) is 15.4 Å². The first kappa shape index (κ1) is 20.5. The van der Waals surface area contributed by atoms with Crippen LogP contribution in [-0.4, -0.2) is 40.9 Å². The SMILES string of the molecule is COc1ccc(OCC(=O)NCCn2nc(-c3sc(C)nc3C)ccc2=O)cc1. The van der Waals surface area contributed by atoms with Crippen LogP contribution in [0.2, 0.25) is 0 Å². The van der Waals surface area contributed by atoms with E-state index >= 15 is 0 Å². The van der Waals surface area contributed by atoms with Crippen molar-refractivity contribution in [1.29, 1.82) is 0 Å². The molecule has 9 heteroatoms. The number of ether oxygens (including phenoxy) is 2. The number of thiazole rings is 1. The standard InChI is InChI=1S/C20H22N4O4S/c1-13-20(29-14(2)22-13)17-8-9-19(26)24(23-17)11-10-21-18(25)12-28-16-6-4-15(27-3)5-7-16/h4-9H,10-12H2,1-3H3,(H,21,25). The van der Waals surface area contributed by atoms with Gasteiger partial charge in [-0.1, -0.05) is 0 Å². The molecule has 0 unspecified atom stereocenters. The number of methoxy groups -OCH3 is 1. The molecule has 0 atom stereocenters. The smallest absolute Gasteiger partial charge is 0.266 e. The lowest BCUT2D eigenvalue weighted by Crippen LogP contribution is -2.34. The Kier molecular flexibility index (Phi) is 6.61. The Labute approximate surface area is 172 Å². The summed E-state index contributed by atoms with van der Waals surface area (Å²) in [6.45, 7) is 4.26. The first-order valence-electron chi connectivity index (χ1n) is 9.02.